The monoisotopic (exact) mass is 168 g/mol. The van der Waals surface area contributed by atoms with E-state index in [-0.39, 0.29) is 0 Å². The number of hydrogen-bond acceptors (Lipinski definition) is 4. The fraction of sp³-hybridized carbons (Fsp3) is 0. The molecule has 5 heteroatoms. The van der Waals surface area contributed by atoms with Crippen molar-refractivity contribution in [2.45, 2.75) is 0 Å². The Bertz CT molecular complexity index is 387. The maximum absolute atomic E-state index is 5.06. The van der Waals surface area contributed by atoms with Crippen LogP contribution in [0.15, 0.2) is 27.7 Å². The average Bonchev–Trinajstić information content (AvgIpc) is 2.55. The van der Waals surface area contributed by atoms with Crippen LogP contribution >= 0.6 is 12.2 Å². The fourth-order valence-electron chi connectivity index (χ4n) is 0.744. The number of oxazole rings is 2. The summed E-state index contributed by atoms with van der Waals surface area (Å²) in [6, 6.07) is 0. The van der Waals surface area contributed by atoms with Gasteiger partial charge in [-0.05, 0) is 12.2 Å². The summed E-state index contributed by atoms with van der Waals surface area (Å²) >= 11 is 4.73. The maximum Gasteiger partial charge on any atom is 0.266 e. The van der Waals surface area contributed by atoms with Gasteiger partial charge < -0.3 is 13.8 Å². The van der Waals surface area contributed by atoms with Crippen LogP contribution in [0.1, 0.15) is 0 Å². The minimum Gasteiger partial charge on any atom is -0.451 e. The molecule has 2 heterocycles. The lowest BCUT2D eigenvalue weighted by Gasteiger charge is -1.81. The molecule has 0 aliphatic carbocycles. The summed E-state index contributed by atoms with van der Waals surface area (Å²) in [5.41, 5.74) is 0.636. The van der Waals surface area contributed by atoms with Crippen molar-refractivity contribution >= 4 is 12.2 Å². The first-order chi connectivity index (χ1) is 5.36. The van der Waals surface area contributed by atoms with Crippen molar-refractivity contribution in [3.8, 4) is 11.5 Å². The zero-order valence-corrected chi connectivity index (χ0v) is 6.22. The van der Waals surface area contributed by atoms with E-state index in [4.69, 9.17) is 21.1 Å². The second-order valence-electron chi connectivity index (χ2n) is 1.92. The molecular formula is C6H4N2O2S. The first kappa shape index (κ1) is 6.36. The van der Waals surface area contributed by atoms with Crippen LogP contribution < -0.4 is 0 Å². The molecule has 56 valence electrons. The van der Waals surface area contributed by atoms with Crippen molar-refractivity contribution in [3.05, 3.63) is 23.7 Å². The highest BCUT2D eigenvalue weighted by Crippen LogP contribution is 2.15. The Hall–Kier alpha value is -1.36. The van der Waals surface area contributed by atoms with E-state index in [1.807, 2.05) is 0 Å². The average molecular weight is 168 g/mol. The molecule has 0 aliphatic rings. The highest BCUT2D eigenvalue weighted by molar-refractivity contribution is 7.71. The third kappa shape index (κ3) is 1.10. The van der Waals surface area contributed by atoms with Gasteiger partial charge in [0.25, 0.3) is 4.84 Å². The van der Waals surface area contributed by atoms with Crippen molar-refractivity contribution < 1.29 is 8.83 Å². The quantitative estimate of drug-likeness (QED) is 0.661. The third-order valence-corrected chi connectivity index (χ3v) is 1.41. The van der Waals surface area contributed by atoms with Crippen LogP contribution in [0.5, 0.6) is 0 Å². The highest BCUT2D eigenvalue weighted by Gasteiger charge is 2.02. The Balaban J connectivity index is 2.53. The molecule has 0 bridgehead atoms. The SMILES string of the molecule is S=c1[nH]cc(-c2cocn2)o1. The summed E-state index contributed by atoms with van der Waals surface area (Å²) in [5.74, 6) is 0.587. The molecule has 2 rings (SSSR count). The van der Waals surface area contributed by atoms with Crippen LogP contribution in [0.25, 0.3) is 11.5 Å². The van der Waals surface area contributed by atoms with Crippen molar-refractivity contribution in [3.63, 3.8) is 0 Å². The van der Waals surface area contributed by atoms with Gasteiger partial charge in [0, 0.05) is 0 Å². The molecule has 0 atom stereocenters. The number of hydrogen-bond donors (Lipinski definition) is 1. The van der Waals surface area contributed by atoms with Gasteiger partial charge in [0.05, 0.1) is 6.20 Å². The standard InChI is InChI=1S/C6H4N2O2S/c11-6-7-1-5(10-6)4-2-9-3-8-4/h1-3H,(H,7,11). The Morgan fingerprint density at radius 1 is 1.55 bits per heavy atom. The van der Waals surface area contributed by atoms with Crippen LogP contribution in [-0.2, 0) is 0 Å². The molecule has 2 aromatic heterocycles. The van der Waals surface area contributed by atoms with Gasteiger partial charge in [0.2, 0.25) is 0 Å². The molecule has 0 amide bonds. The van der Waals surface area contributed by atoms with Crippen LogP contribution in [0.4, 0.5) is 0 Å². The summed E-state index contributed by atoms with van der Waals surface area (Å²) in [4.78, 5) is 6.93. The number of H-pyrrole nitrogens is 1. The molecule has 0 saturated carbocycles. The van der Waals surface area contributed by atoms with Crippen LogP contribution in [-0.4, -0.2) is 9.97 Å². The highest BCUT2D eigenvalue weighted by atomic mass is 32.1. The molecule has 11 heavy (non-hydrogen) atoms. The maximum atomic E-state index is 5.06. The van der Waals surface area contributed by atoms with E-state index in [1.165, 1.54) is 12.7 Å². The Morgan fingerprint density at radius 3 is 3.00 bits per heavy atom. The van der Waals surface area contributed by atoms with Crippen LogP contribution in [0, 0.1) is 4.84 Å². The third-order valence-electron chi connectivity index (χ3n) is 1.21. The van der Waals surface area contributed by atoms with E-state index >= 15 is 0 Å². The van der Waals surface area contributed by atoms with Crippen molar-refractivity contribution in [2.75, 3.05) is 0 Å². The largest absolute Gasteiger partial charge is 0.451 e. The Morgan fingerprint density at radius 2 is 2.45 bits per heavy atom. The lowest BCUT2D eigenvalue weighted by atomic mass is 10.4. The normalized spacial score (nSPS) is 10.2. The zero-order chi connectivity index (χ0) is 7.68. The predicted molar refractivity (Wildman–Crippen MR) is 39.4 cm³/mol. The van der Waals surface area contributed by atoms with Crippen LogP contribution in [0.2, 0.25) is 0 Å². The molecule has 1 N–H and O–H groups in total. The minimum atomic E-state index is 0.336. The second-order valence-corrected chi connectivity index (χ2v) is 2.29. The number of aromatic amines is 1. The van der Waals surface area contributed by atoms with Gasteiger partial charge in [0.15, 0.2) is 12.2 Å². The zero-order valence-electron chi connectivity index (χ0n) is 5.40. The Kier molecular flexibility index (Phi) is 1.36. The summed E-state index contributed by atoms with van der Waals surface area (Å²) in [7, 11) is 0. The molecule has 2 aromatic rings. The first-order valence-electron chi connectivity index (χ1n) is 2.93. The van der Waals surface area contributed by atoms with Gasteiger partial charge in [0.1, 0.15) is 12.0 Å². The van der Waals surface area contributed by atoms with Gasteiger partial charge in [-0.1, -0.05) is 0 Å². The van der Waals surface area contributed by atoms with Gasteiger partial charge >= 0.3 is 0 Å². The fourth-order valence-corrected chi connectivity index (χ4v) is 0.892. The summed E-state index contributed by atoms with van der Waals surface area (Å²) < 4.78 is 9.82. The molecule has 0 fully saturated rings. The topological polar surface area (TPSA) is 55.0 Å². The Labute approximate surface area is 66.9 Å². The van der Waals surface area contributed by atoms with Gasteiger partial charge in [-0.3, -0.25) is 0 Å². The number of rotatable bonds is 1. The molecule has 0 radical (unpaired) electrons. The van der Waals surface area contributed by atoms with Crippen molar-refractivity contribution in [1.82, 2.24) is 9.97 Å². The predicted octanol–water partition coefficient (Wildman–Crippen LogP) is 1.99. The van der Waals surface area contributed by atoms with E-state index in [2.05, 4.69) is 9.97 Å². The van der Waals surface area contributed by atoms with Gasteiger partial charge in [-0.2, -0.15) is 0 Å². The van der Waals surface area contributed by atoms with Gasteiger partial charge in [-0.25, -0.2) is 4.98 Å². The van der Waals surface area contributed by atoms with E-state index < -0.39 is 0 Å². The first-order valence-corrected chi connectivity index (χ1v) is 3.34. The van der Waals surface area contributed by atoms with Gasteiger partial charge in [-0.15, -0.1) is 0 Å². The summed E-state index contributed by atoms with van der Waals surface area (Å²) in [5, 5.41) is 0. The number of nitrogens with zero attached hydrogens (tertiary/aromatic N) is 1. The smallest absolute Gasteiger partial charge is 0.266 e. The molecule has 0 unspecified atom stereocenters. The molecule has 0 aliphatic heterocycles. The minimum absolute atomic E-state index is 0.336. The van der Waals surface area contributed by atoms with E-state index in [1.54, 1.807) is 6.20 Å². The second kappa shape index (κ2) is 2.35. The molecule has 0 aromatic carbocycles. The summed E-state index contributed by atoms with van der Waals surface area (Å²) in [6.45, 7) is 0. The number of nitrogens with one attached hydrogen (secondary N) is 1. The van der Waals surface area contributed by atoms with Crippen molar-refractivity contribution in [2.24, 2.45) is 0 Å². The lowest BCUT2D eigenvalue weighted by molar-refractivity contribution is 0.547. The molecular weight excluding hydrogens is 164 g/mol. The molecule has 4 nitrogen and oxygen atoms in total. The van der Waals surface area contributed by atoms with Crippen LogP contribution in [0.3, 0.4) is 0 Å². The molecule has 0 spiro atoms. The van der Waals surface area contributed by atoms with Crippen molar-refractivity contribution in [1.29, 1.82) is 0 Å². The van der Waals surface area contributed by atoms with E-state index in [0.29, 0.717) is 16.3 Å². The number of aromatic nitrogens is 2. The lowest BCUT2D eigenvalue weighted by Crippen LogP contribution is -1.68. The van der Waals surface area contributed by atoms with E-state index in [0.717, 1.165) is 0 Å². The molecule has 0 saturated heterocycles. The summed E-state index contributed by atoms with van der Waals surface area (Å²) in [6.07, 6.45) is 4.46. The van der Waals surface area contributed by atoms with E-state index in [9.17, 15) is 0 Å².